The van der Waals surface area contributed by atoms with Gasteiger partial charge in [0.05, 0.1) is 13.2 Å². The van der Waals surface area contributed by atoms with E-state index in [1.54, 1.807) is 0 Å². The van der Waals surface area contributed by atoms with Crippen LogP contribution in [0, 0.1) is 18.8 Å². The maximum absolute atomic E-state index is 12.6. The Kier molecular flexibility index (Phi) is 6.61. The number of hydrogen-bond donors (Lipinski definition) is 0. The van der Waals surface area contributed by atoms with Crippen molar-refractivity contribution in [2.24, 2.45) is 11.8 Å². The van der Waals surface area contributed by atoms with Gasteiger partial charge in [-0.05, 0) is 18.8 Å². The highest BCUT2D eigenvalue weighted by molar-refractivity contribution is 6.07. The molecule has 0 unspecified atom stereocenters. The Hall–Kier alpha value is -2.56. The van der Waals surface area contributed by atoms with E-state index in [1.165, 1.54) is 6.26 Å². The summed E-state index contributed by atoms with van der Waals surface area (Å²) in [5, 5.41) is 0. The quantitative estimate of drug-likeness (QED) is 0.660. The zero-order valence-corrected chi connectivity index (χ0v) is 16.0. The highest BCUT2D eigenvalue weighted by Gasteiger charge is 2.28. The van der Waals surface area contributed by atoms with Gasteiger partial charge in [-0.3, -0.25) is 0 Å². The molecule has 5 heteroatoms. The Labute approximate surface area is 154 Å². The SMILES string of the molecule is Cc1ccc(-c2occ(C(=O)OCC(C)C)c2C(=O)OCC(C)C)cc1. The molecule has 0 aliphatic carbocycles. The van der Waals surface area contributed by atoms with Crippen LogP contribution in [0.1, 0.15) is 54.0 Å². The summed E-state index contributed by atoms with van der Waals surface area (Å²) in [6.07, 6.45) is 1.27. The van der Waals surface area contributed by atoms with Crippen LogP contribution in [-0.2, 0) is 9.47 Å². The molecule has 1 aromatic carbocycles. The van der Waals surface area contributed by atoms with Crippen molar-refractivity contribution in [3.8, 4) is 11.3 Å². The van der Waals surface area contributed by atoms with Crippen molar-refractivity contribution in [1.82, 2.24) is 0 Å². The number of aryl methyl sites for hydroxylation is 1. The molecule has 0 aliphatic heterocycles. The van der Waals surface area contributed by atoms with Crippen LogP contribution in [0.4, 0.5) is 0 Å². The largest absolute Gasteiger partial charge is 0.462 e. The first-order valence-electron chi connectivity index (χ1n) is 8.82. The van der Waals surface area contributed by atoms with E-state index in [2.05, 4.69) is 0 Å². The Bertz CT molecular complexity index is 753. The van der Waals surface area contributed by atoms with E-state index in [0.717, 1.165) is 5.56 Å². The minimum atomic E-state index is -0.586. The molecule has 1 heterocycles. The van der Waals surface area contributed by atoms with Crippen molar-refractivity contribution in [3.63, 3.8) is 0 Å². The second-order valence-corrected chi connectivity index (χ2v) is 7.20. The van der Waals surface area contributed by atoms with Crippen molar-refractivity contribution >= 4 is 11.9 Å². The monoisotopic (exact) mass is 358 g/mol. The van der Waals surface area contributed by atoms with Crippen molar-refractivity contribution in [3.05, 3.63) is 47.2 Å². The second-order valence-electron chi connectivity index (χ2n) is 7.20. The number of ether oxygens (including phenoxy) is 2. The number of benzene rings is 1. The van der Waals surface area contributed by atoms with Gasteiger partial charge in [0, 0.05) is 5.56 Å². The van der Waals surface area contributed by atoms with Crippen LogP contribution in [0.15, 0.2) is 34.9 Å². The molecule has 0 aliphatic rings. The molecular formula is C21H26O5. The summed E-state index contributed by atoms with van der Waals surface area (Å²) in [4.78, 5) is 25.1. The fraction of sp³-hybridized carbons (Fsp3) is 0.429. The van der Waals surface area contributed by atoms with Crippen LogP contribution in [-0.4, -0.2) is 25.2 Å². The van der Waals surface area contributed by atoms with E-state index in [4.69, 9.17) is 13.9 Å². The third kappa shape index (κ3) is 4.97. The van der Waals surface area contributed by atoms with Crippen molar-refractivity contribution in [1.29, 1.82) is 0 Å². The number of hydrogen-bond acceptors (Lipinski definition) is 5. The highest BCUT2D eigenvalue weighted by Crippen LogP contribution is 2.30. The van der Waals surface area contributed by atoms with Gasteiger partial charge in [0.1, 0.15) is 23.2 Å². The van der Waals surface area contributed by atoms with Gasteiger partial charge in [-0.15, -0.1) is 0 Å². The maximum Gasteiger partial charge on any atom is 0.342 e. The first-order chi connectivity index (χ1) is 12.3. The lowest BCUT2D eigenvalue weighted by Gasteiger charge is -2.10. The average molecular weight is 358 g/mol. The predicted molar refractivity (Wildman–Crippen MR) is 99.1 cm³/mol. The first-order valence-corrected chi connectivity index (χ1v) is 8.82. The van der Waals surface area contributed by atoms with E-state index in [-0.39, 0.29) is 36.2 Å². The van der Waals surface area contributed by atoms with E-state index in [9.17, 15) is 9.59 Å². The lowest BCUT2D eigenvalue weighted by molar-refractivity contribution is 0.0414. The molecule has 0 spiro atoms. The zero-order valence-electron chi connectivity index (χ0n) is 16.0. The lowest BCUT2D eigenvalue weighted by atomic mass is 10.0. The smallest absolute Gasteiger partial charge is 0.342 e. The molecule has 0 atom stereocenters. The molecule has 0 radical (unpaired) electrons. The molecule has 0 fully saturated rings. The molecule has 2 rings (SSSR count). The van der Waals surface area contributed by atoms with Gasteiger partial charge in [0.25, 0.3) is 0 Å². The number of carbonyl (C=O) groups is 2. The van der Waals surface area contributed by atoms with Crippen LogP contribution in [0.3, 0.4) is 0 Å². The van der Waals surface area contributed by atoms with Gasteiger partial charge in [0.2, 0.25) is 0 Å². The maximum atomic E-state index is 12.6. The summed E-state index contributed by atoms with van der Waals surface area (Å²) in [5.41, 5.74) is 1.99. The van der Waals surface area contributed by atoms with Gasteiger partial charge in [-0.2, -0.15) is 0 Å². The van der Waals surface area contributed by atoms with E-state index >= 15 is 0 Å². The molecule has 140 valence electrons. The summed E-state index contributed by atoms with van der Waals surface area (Å²) in [6.45, 7) is 10.3. The molecule has 0 amide bonds. The van der Waals surface area contributed by atoms with E-state index in [0.29, 0.717) is 11.3 Å². The van der Waals surface area contributed by atoms with E-state index in [1.807, 2.05) is 58.9 Å². The fourth-order valence-corrected chi connectivity index (χ4v) is 2.26. The summed E-state index contributed by atoms with van der Waals surface area (Å²) < 4.78 is 16.2. The topological polar surface area (TPSA) is 65.7 Å². The summed E-state index contributed by atoms with van der Waals surface area (Å²) in [5.74, 6) is -0.476. The predicted octanol–water partition coefficient (Wildman–Crippen LogP) is 4.88. The number of rotatable bonds is 7. The zero-order chi connectivity index (χ0) is 19.3. The van der Waals surface area contributed by atoms with Crippen LogP contribution in [0.5, 0.6) is 0 Å². The molecule has 26 heavy (non-hydrogen) atoms. The lowest BCUT2D eigenvalue weighted by Crippen LogP contribution is -2.16. The Morgan fingerprint density at radius 2 is 1.46 bits per heavy atom. The highest BCUT2D eigenvalue weighted by atomic mass is 16.5. The van der Waals surface area contributed by atoms with Crippen LogP contribution in [0.2, 0.25) is 0 Å². The summed E-state index contributed by atoms with van der Waals surface area (Å²) in [6, 6.07) is 7.52. The van der Waals surface area contributed by atoms with Crippen molar-refractivity contribution in [2.75, 3.05) is 13.2 Å². The van der Waals surface area contributed by atoms with Gasteiger partial charge in [-0.1, -0.05) is 57.5 Å². The second kappa shape index (κ2) is 8.70. The van der Waals surface area contributed by atoms with Crippen LogP contribution >= 0.6 is 0 Å². The Balaban J connectivity index is 2.40. The van der Waals surface area contributed by atoms with Gasteiger partial charge in [-0.25, -0.2) is 9.59 Å². The van der Waals surface area contributed by atoms with Gasteiger partial charge >= 0.3 is 11.9 Å². The minimum Gasteiger partial charge on any atom is -0.462 e. The molecule has 0 bridgehead atoms. The number of carbonyl (C=O) groups excluding carboxylic acids is 2. The fourth-order valence-electron chi connectivity index (χ4n) is 2.26. The van der Waals surface area contributed by atoms with E-state index < -0.39 is 11.9 Å². The van der Waals surface area contributed by atoms with Crippen LogP contribution < -0.4 is 0 Å². The van der Waals surface area contributed by atoms with Crippen molar-refractivity contribution < 1.29 is 23.5 Å². The van der Waals surface area contributed by atoms with Crippen molar-refractivity contribution in [2.45, 2.75) is 34.6 Å². The number of esters is 2. The molecule has 2 aromatic rings. The average Bonchev–Trinajstić information content (AvgIpc) is 3.03. The molecule has 0 N–H and O–H groups in total. The summed E-state index contributed by atoms with van der Waals surface area (Å²) in [7, 11) is 0. The third-order valence-corrected chi connectivity index (χ3v) is 3.62. The minimum absolute atomic E-state index is 0.0926. The Morgan fingerprint density at radius 1 is 0.923 bits per heavy atom. The van der Waals surface area contributed by atoms with Gasteiger partial charge in [0.15, 0.2) is 0 Å². The van der Waals surface area contributed by atoms with Crippen LogP contribution in [0.25, 0.3) is 11.3 Å². The first kappa shape index (κ1) is 19.8. The molecule has 5 nitrogen and oxygen atoms in total. The normalized spacial score (nSPS) is 11.0. The molecular weight excluding hydrogens is 332 g/mol. The summed E-state index contributed by atoms with van der Waals surface area (Å²) >= 11 is 0. The Morgan fingerprint density at radius 3 is 2.00 bits per heavy atom. The number of furan rings is 1. The third-order valence-electron chi connectivity index (χ3n) is 3.62. The standard InChI is InChI=1S/C21H26O5/c1-13(2)10-25-20(22)17-12-24-19(16-8-6-15(5)7-9-16)18(17)21(23)26-11-14(3)4/h6-9,12-14H,10-11H2,1-5H3. The molecule has 0 saturated carbocycles. The molecule has 1 aromatic heterocycles. The molecule has 0 saturated heterocycles. The van der Waals surface area contributed by atoms with Gasteiger partial charge < -0.3 is 13.9 Å².